The van der Waals surface area contributed by atoms with Gasteiger partial charge in [0.2, 0.25) is 5.91 Å². The van der Waals surface area contributed by atoms with Gasteiger partial charge in [-0.05, 0) is 12.0 Å². The predicted molar refractivity (Wildman–Crippen MR) is 99.8 cm³/mol. The first-order valence-corrected chi connectivity index (χ1v) is 9.44. The van der Waals surface area contributed by atoms with Crippen LogP contribution >= 0.6 is 23.4 Å². The van der Waals surface area contributed by atoms with Crippen LogP contribution in [0.5, 0.6) is 0 Å². The van der Waals surface area contributed by atoms with Gasteiger partial charge in [0.1, 0.15) is 5.37 Å². The molecule has 126 valence electrons. The van der Waals surface area contributed by atoms with Gasteiger partial charge in [-0.3, -0.25) is 9.69 Å². The van der Waals surface area contributed by atoms with E-state index in [1.54, 1.807) is 11.8 Å². The van der Waals surface area contributed by atoms with Crippen molar-refractivity contribution < 1.29 is 4.79 Å². The van der Waals surface area contributed by atoms with Gasteiger partial charge in [0.15, 0.2) is 0 Å². The van der Waals surface area contributed by atoms with E-state index in [1.165, 1.54) is 0 Å². The van der Waals surface area contributed by atoms with Crippen molar-refractivity contribution in [1.29, 1.82) is 0 Å². The number of rotatable bonds is 7. The van der Waals surface area contributed by atoms with E-state index >= 15 is 0 Å². The average molecular weight is 353 g/mol. The Morgan fingerprint density at radius 3 is 2.91 bits per heavy atom. The highest BCUT2D eigenvalue weighted by molar-refractivity contribution is 7.99. The smallest absolute Gasteiger partial charge is 0.237 e. The van der Waals surface area contributed by atoms with E-state index in [0.29, 0.717) is 12.5 Å². The molecule has 0 N–H and O–H groups in total. The fourth-order valence-electron chi connectivity index (χ4n) is 2.84. The lowest BCUT2D eigenvalue weighted by Crippen LogP contribution is -2.41. The summed E-state index contributed by atoms with van der Waals surface area (Å²) >= 11 is 8.11. The average Bonchev–Trinajstić information content (AvgIpc) is 2.96. The van der Waals surface area contributed by atoms with Gasteiger partial charge in [-0.25, -0.2) is 0 Å². The molecule has 1 amide bonds. The maximum atomic E-state index is 12.8. The molecule has 1 aliphatic rings. The summed E-state index contributed by atoms with van der Waals surface area (Å²) in [5.74, 6) is 1.64. The molecular formula is C18H25ClN2OS. The molecular weight excluding hydrogens is 328 g/mol. The number of nitrogens with zero attached hydrogens (tertiary/aromatic N) is 2. The first-order chi connectivity index (χ1) is 11.0. The summed E-state index contributed by atoms with van der Waals surface area (Å²) < 4.78 is 0. The third-order valence-electron chi connectivity index (χ3n) is 3.75. The summed E-state index contributed by atoms with van der Waals surface area (Å²) in [5, 5.41) is 0.760. The van der Waals surface area contributed by atoms with Crippen LogP contribution in [0.2, 0.25) is 5.02 Å². The largest absolute Gasteiger partial charge is 0.325 e. The van der Waals surface area contributed by atoms with Crippen molar-refractivity contribution in [3.8, 4) is 0 Å². The summed E-state index contributed by atoms with van der Waals surface area (Å²) in [5.41, 5.74) is 1.03. The maximum absolute atomic E-state index is 12.8. The molecule has 0 aliphatic carbocycles. The summed E-state index contributed by atoms with van der Waals surface area (Å²) in [4.78, 5) is 16.9. The molecule has 23 heavy (non-hydrogen) atoms. The van der Waals surface area contributed by atoms with E-state index in [0.717, 1.165) is 36.0 Å². The van der Waals surface area contributed by atoms with E-state index in [-0.39, 0.29) is 11.3 Å². The molecule has 5 heteroatoms. The van der Waals surface area contributed by atoms with Crippen LogP contribution in [0.25, 0.3) is 0 Å². The van der Waals surface area contributed by atoms with Crippen molar-refractivity contribution in [2.45, 2.75) is 19.2 Å². The minimum Gasteiger partial charge on any atom is -0.325 e. The second-order valence-corrected chi connectivity index (χ2v) is 7.80. The van der Waals surface area contributed by atoms with Gasteiger partial charge in [0.25, 0.3) is 0 Å². The highest BCUT2D eigenvalue weighted by atomic mass is 35.5. The number of hydrogen-bond donors (Lipinski definition) is 0. The lowest BCUT2D eigenvalue weighted by molar-refractivity contribution is -0.132. The molecule has 1 aliphatic heterocycles. The number of thioether (sulfide) groups is 1. The summed E-state index contributed by atoms with van der Waals surface area (Å²) in [6, 6.07) is 7.81. The predicted octanol–water partition coefficient (Wildman–Crippen LogP) is 4.06. The summed E-state index contributed by atoms with van der Waals surface area (Å²) in [7, 11) is 0. The molecule has 0 saturated carbocycles. The molecule has 1 heterocycles. The van der Waals surface area contributed by atoms with Crippen LogP contribution in [0.3, 0.4) is 0 Å². The molecule has 0 radical (unpaired) electrons. The SMILES string of the molecule is C=CCN(CC(=O)N1CCSC1c1ccccc1Cl)CC(C)C. The Bertz CT molecular complexity index is 550. The Kier molecular flexibility index (Phi) is 7.00. The van der Waals surface area contributed by atoms with E-state index in [9.17, 15) is 4.79 Å². The molecule has 1 saturated heterocycles. The lowest BCUT2D eigenvalue weighted by atomic mass is 10.2. The zero-order valence-corrected chi connectivity index (χ0v) is 15.4. The first-order valence-electron chi connectivity index (χ1n) is 8.01. The molecule has 0 bridgehead atoms. The third kappa shape index (κ3) is 5.00. The van der Waals surface area contributed by atoms with Crippen molar-refractivity contribution in [3.63, 3.8) is 0 Å². The quantitative estimate of drug-likeness (QED) is 0.691. The number of hydrogen-bond acceptors (Lipinski definition) is 3. The van der Waals surface area contributed by atoms with Gasteiger partial charge in [0, 0.05) is 36.0 Å². The first kappa shape index (κ1) is 18.4. The molecule has 1 aromatic carbocycles. The molecule has 0 spiro atoms. The van der Waals surface area contributed by atoms with Crippen LogP contribution in [-0.4, -0.2) is 47.6 Å². The zero-order chi connectivity index (χ0) is 16.8. The van der Waals surface area contributed by atoms with Gasteiger partial charge < -0.3 is 4.90 Å². The van der Waals surface area contributed by atoms with Crippen molar-refractivity contribution >= 4 is 29.3 Å². The van der Waals surface area contributed by atoms with E-state index < -0.39 is 0 Å². The highest BCUT2D eigenvalue weighted by Gasteiger charge is 2.32. The number of amides is 1. The van der Waals surface area contributed by atoms with Crippen LogP contribution < -0.4 is 0 Å². The molecule has 1 fully saturated rings. The van der Waals surface area contributed by atoms with Crippen LogP contribution in [0.4, 0.5) is 0 Å². The fraction of sp³-hybridized carbons (Fsp3) is 0.500. The third-order valence-corrected chi connectivity index (χ3v) is 5.34. The highest BCUT2D eigenvalue weighted by Crippen LogP contribution is 2.40. The van der Waals surface area contributed by atoms with E-state index in [2.05, 4.69) is 25.3 Å². The molecule has 1 unspecified atom stereocenters. The maximum Gasteiger partial charge on any atom is 0.237 e. The van der Waals surface area contributed by atoms with Gasteiger partial charge in [-0.15, -0.1) is 18.3 Å². The Balaban J connectivity index is 2.08. The number of carbonyl (C=O) groups is 1. The number of benzene rings is 1. The van der Waals surface area contributed by atoms with Gasteiger partial charge in [-0.2, -0.15) is 0 Å². The minimum atomic E-state index is 0.0285. The fourth-order valence-corrected chi connectivity index (χ4v) is 4.46. The van der Waals surface area contributed by atoms with Crippen molar-refractivity contribution in [2.75, 3.05) is 31.9 Å². The Morgan fingerprint density at radius 2 is 2.26 bits per heavy atom. The number of halogens is 1. The van der Waals surface area contributed by atoms with Gasteiger partial charge >= 0.3 is 0 Å². The minimum absolute atomic E-state index is 0.0285. The van der Waals surface area contributed by atoms with Crippen LogP contribution in [0.15, 0.2) is 36.9 Å². The second kappa shape index (κ2) is 8.76. The Hall–Kier alpha value is -0.970. The van der Waals surface area contributed by atoms with Crippen molar-refractivity contribution in [2.24, 2.45) is 5.92 Å². The van der Waals surface area contributed by atoms with Crippen LogP contribution in [-0.2, 0) is 4.79 Å². The second-order valence-electron chi connectivity index (χ2n) is 6.21. The van der Waals surface area contributed by atoms with Gasteiger partial charge in [0.05, 0.1) is 6.54 Å². The summed E-state index contributed by atoms with van der Waals surface area (Å²) in [6.07, 6.45) is 1.86. The lowest BCUT2D eigenvalue weighted by Gasteiger charge is -2.29. The standard InChI is InChI=1S/C18H25ClN2OS/c1-4-9-20(12-14(2)3)13-17(22)21-10-11-23-18(21)15-7-5-6-8-16(15)19/h4-8,14,18H,1,9-13H2,2-3H3. The number of carbonyl (C=O) groups excluding carboxylic acids is 1. The Labute approximate surface area is 148 Å². The van der Waals surface area contributed by atoms with Crippen molar-refractivity contribution in [3.05, 3.63) is 47.5 Å². The normalized spacial score (nSPS) is 18.0. The zero-order valence-electron chi connectivity index (χ0n) is 13.9. The monoisotopic (exact) mass is 352 g/mol. The Morgan fingerprint density at radius 1 is 1.52 bits per heavy atom. The molecule has 0 aromatic heterocycles. The summed E-state index contributed by atoms with van der Waals surface area (Å²) in [6.45, 7) is 11.0. The topological polar surface area (TPSA) is 23.6 Å². The molecule has 1 atom stereocenters. The van der Waals surface area contributed by atoms with E-state index in [4.69, 9.17) is 11.6 Å². The molecule has 2 rings (SSSR count). The van der Waals surface area contributed by atoms with Crippen LogP contribution in [0.1, 0.15) is 24.8 Å². The van der Waals surface area contributed by atoms with Crippen molar-refractivity contribution in [1.82, 2.24) is 9.80 Å². The van der Waals surface area contributed by atoms with E-state index in [1.807, 2.05) is 35.2 Å². The van der Waals surface area contributed by atoms with Gasteiger partial charge in [-0.1, -0.05) is 49.7 Å². The molecule has 1 aromatic rings. The van der Waals surface area contributed by atoms with Crippen LogP contribution in [0, 0.1) is 5.92 Å². The molecule has 3 nitrogen and oxygen atoms in total.